The average Bonchev–Trinajstić information content (AvgIpc) is 3.07. The Bertz CT molecular complexity index is 789. The summed E-state index contributed by atoms with van der Waals surface area (Å²) in [5.41, 5.74) is 1.16. The van der Waals surface area contributed by atoms with E-state index in [0.29, 0.717) is 53.8 Å². The van der Waals surface area contributed by atoms with Crippen LogP contribution in [0.25, 0.3) is 0 Å². The number of ketones is 2. The Labute approximate surface area is 190 Å². The van der Waals surface area contributed by atoms with Gasteiger partial charge in [0.15, 0.2) is 11.6 Å². The summed E-state index contributed by atoms with van der Waals surface area (Å²) in [7, 11) is 0. The van der Waals surface area contributed by atoms with Crippen LogP contribution in [-0.4, -0.2) is 11.6 Å². The molecular formula is C29H44O2. The highest BCUT2D eigenvalue weighted by molar-refractivity contribution is 6.05. The van der Waals surface area contributed by atoms with Gasteiger partial charge >= 0.3 is 0 Å². The number of allylic oxidation sites excluding steroid dienone is 3. The summed E-state index contributed by atoms with van der Waals surface area (Å²) >= 11 is 0. The van der Waals surface area contributed by atoms with Crippen LogP contribution in [0.15, 0.2) is 23.8 Å². The van der Waals surface area contributed by atoms with Crippen molar-refractivity contribution in [1.29, 1.82) is 0 Å². The van der Waals surface area contributed by atoms with E-state index in [2.05, 4.69) is 53.7 Å². The van der Waals surface area contributed by atoms with Crippen LogP contribution in [0.3, 0.4) is 0 Å². The van der Waals surface area contributed by atoms with Crippen molar-refractivity contribution >= 4 is 11.6 Å². The van der Waals surface area contributed by atoms with Crippen LogP contribution < -0.4 is 0 Å². The molecule has 31 heavy (non-hydrogen) atoms. The van der Waals surface area contributed by atoms with E-state index >= 15 is 0 Å². The van der Waals surface area contributed by atoms with Crippen molar-refractivity contribution in [2.24, 2.45) is 52.3 Å². The zero-order chi connectivity index (χ0) is 22.6. The van der Waals surface area contributed by atoms with Gasteiger partial charge < -0.3 is 0 Å². The van der Waals surface area contributed by atoms with Gasteiger partial charge in [-0.2, -0.15) is 0 Å². The molecule has 0 saturated heterocycles. The van der Waals surface area contributed by atoms with Gasteiger partial charge in [0, 0.05) is 18.4 Å². The minimum Gasteiger partial charge on any atom is -0.295 e. The van der Waals surface area contributed by atoms with Gasteiger partial charge in [0.05, 0.1) is 0 Å². The molecular weight excluding hydrogens is 380 g/mol. The first-order valence-electron chi connectivity index (χ1n) is 13.1. The lowest BCUT2D eigenvalue weighted by Crippen LogP contribution is -2.53. The van der Waals surface area contributed by atoms with Crippen molar-refractivity contribution in [3.8, 4) is 0 Å². The van der Waals surface area contributed by atoms with Crippen LogP contribution in [0, 0.1) is 52.3 Å². The first kappa shape index (κ1) is 23.0. The lowest BCUT2D eigenvalue weighted by atomic mass is 9.46. The van der Waals surface area contributed by atoms with Crippen molar-refractivity contribution in [1.82, 2.24) is 0 Å². The minimum atomic E-state index is -0.0650. The second-order valence-electron chi connectivity index (χ2n) is 12.2. The van der Waals surface area contributed by atoms with E-state index in [1.54, 1.807) is 6.08 Å². The Balaban J connectivity index is 1.56. The molecule has 8 atom stereocenters. The Morgan fingerprint density at radius 1 is 1.03 bits per heavy atom. The molecule has 0 N–H and O–H groups in total. The number of Topliss-reactive ketones (excluding diaryl/α,β-unsaturated/α-hetero) is 1. The molecule has 0 spiro atoms. The fourth-order valence-corrected chi connectivity index (χ4v) is 8.57. The first-order chi connectivity index (χ1) is 14.6. The Morgan fingerprint density at radius 3 is 2.45 bits per heavy atom. The van der Waals surface area contributed by atoms with E-state index in [0.717, 1.165) is 17.9 Å². The van der Waals surface area contributed by atoms with Crippen molar-refractivity contribution in [2.75, 3.05) is 0 Å². The largest absolute Gasteiger partial charge is 0.295 e. The van der Waals surface area contributed by atoms with E-state index in [1.165, 1.54) is 32.1 Å². The molecule has 172 valence electrons. The maximum Gasteiger partial charge on any atom is 0.159 e. The predicted octanol–water partition coefficient (Wildman–Crippen LogP) is 7.19. The second kappa shape index (κ2) is 8.31. The quantitative estimate of drug-likeness (QED) is 0.438. The van der Waals surface area contributed by atoms with Crippen LogP contribution in [-0.2, 0) is 9.59 Å². The standard InChI is InChI=1S/C29H44O2/c1-7-20(18(2)3)9-8-19(4)23-10-11-24-22-17-27(31)26-16-21(30)12-14-29(26,6)25(22)13-15-28(23,24)5/h8-9,16,18-20,22-25H,7,10-15,17H2,1-6H3/t19-,20?,22+,23-,24+,25+,28-,29-/m1/s1. The highest BCUT2D eigenvalue weighted by atomic mass is 16.1. The molecule has 0 bridgehead atoms. The smallest absolute Gasteiger partial charge is 0.159 e. The number of hydrogen-bond donors (Lipinski definition) is 0. The monoisotopic (exact) mass is 424 g/mol. The van der Waals surface area contributed by atoms with E-state index < -0.39 is 0 Å². The number of carbonyl (C=O) groups excluding carboxylic acids is 2. The maximum atomic E-state index is 13.2. The zero-order valence-electron chi connectivity index (χ0n) is 20.7. The van der Waals surface area contributed by atoms with Crippen molar-refractivity contribution in [3.05, 3.63) is 23.8 Å². The average molecular weight is 425 g/mol. The van der Waals surface area contributed by atoms with E-state index in [-0.39, 0.29) is 17.0 Å². The fourth-order valence-electron chi connectivity index (χ4n) is 8.57. The molecule has 3 saturated carbocycles. The lowest BCUT2D eigenvalue weighted by molar-refractivity contribution is -0.131. The molecule has 4 aliphatic rings. The number of fused-ring (bicyclic) bond motifs is 5. The van der Waals surface area contributed by atoms with Gasteiger partial charge in [-0.3, -0.25) is 9.59 Å². The predicted molar refractivity (Wildman–Crippen MR) is 128 cm³/mol. The van der Waals surface area contributed by atoms with Gasteiger partial charge in [-0.15, -0.1) is 0 Å². The summed E-state index contributed by atoms with van der Waals surface area (Å²) in [6.07, 6.45) is 15.2. The summed E-state index contributed by atoms with van der Waals surface area (Å²) < 4.78 is 0. The Kier molecular flexibility index (Phi) is 6.16. The van der Waals surface area contributed by atoms with E-state index in [4.69, 9.17) is 0 Å². The summed E-state index contributed by atoms with van der Waals surface area (Å²) in [6, 6.07) is 0. The maximum absolute atomic E-state index is 13.2. The van der Waals surface area contributed by atoms with E-state index in [1.807, 2.05) is 0 Å². The Hall–Kier alpha value is -1.18. The number of hydrogen-bond acceptors (Lipinski definition) is 2. The molecule has 0 heterocycles. The Morgan fingerprint density at radius 2 is 1.77 bits per heavy atom. The van der Waals surface area contributed by atoms with Gasteiger partial charge in [0.1, 0.15) is 0 Å². The topological polar surface area (TPSA) is 34.1 Å². The van der Waals surface area contributed by atoms with Crippen molar-refractivity contribution in [2.45, 2.75) is 92.9 Å². The van der Waals surface area contributed by atoms with Crippen molar-refractivity contribution in [3.63, 3.8) is 0 Å². The molecule has 4 rings (SSSR count). The highest BCUT2D eigenvalue weighted by Crippen LogP contribution is 2.67. The third kappa shape index (κ3) is 3.70. The summed E-state index contributed by atoms with van der Waals surface area (Å²) in [5, 5.41) is 0. The van der Waals surface area contributed by atoms with Crippen LogP contribution >= 0.6 is 0 Å². The minimum absolute atomic E-state index is 0.0650. The second-order valence-corrected chi connectivity index (χ2v) is 12.2. The van der Waals surface area contributed by atoms with Crippen molar-refractivity contribution < 1.29 is 9.59 Å². The SMILES string of the molecule is CCC(C=C[C@@H](C)[C@H]1CC[C@H]2[C@@H]3CC(=O)C4=CC(=O)CC[C@]4(C)[C@H]3CC[C@]12C)C(C)C. The van der Waals surface area contributed by atoms with Crippen LogP contribution in [0.4, 0.5) is 0 Å². The van der Waals surface area contributed by atoms with Gasteiger partial charge in [-0.05, 0) is 96.9 Å². The van der Waals surface area contributed by atoms with E-state index in [9.17, 15) is 9.59 Å². The highest BCUT2D eigenvalue weighted by Gasteiger charge is 2.60. The molecule has 2 nitrogen and oxygen atoms in total. The summed E-state index contributed by atoms with van der Waals surface area (Å²) in [4.78, 5) is 25.2. The third-order valence-corrected chi connectivity index (χ3v) is 10.5. The molecule has 2 heteroatoms. The van der Waals surface area contributed by atoms with Gasteiger partial charge in [-0.1, -0.05) is 53.7 Å². The van der Waals surface area contributed by atoms with Gasteiger partial charge in [0.25, 0.3) is 0 Å². The molecule has 0 radical (unpaired) electrons. The normalized spacial score (nSPS) is 42.2. The first-order valence-corrected chi connectivity index (χ1v) is 13.1. The molecule has 0 aromatic carbocycles. The summed E-state index contributed by atoms with van der Waals surface area (Å²) in [5.74, 6) is 4.92. The number of rotatable bonds is 5. The molecule has 0 aliphatic heterocycles. The zero-order valence-corrected chi connectivity index (χ0v) is 20.7. The lowest BCUT2D eigenvalue weighted by Gasteiger charge is -2.57. The summed E-state index contributed by atoms with van der Waals surface area (Å²) in [6.45, 7) is 14.3. The van der Waals surface area contributed by atoms with Crippen LogP contribution in [0.5, 0.6) is 0 Å². The molecule has 0 aromatic heterocycles. The molecule has 4 aliphatic carbocycles. The van der Waals surface area contributed by atoms with Gasteiger partial charge in [-0.25, -0.2) is 0 Å². The van der Waals surface area contributed by atoms with Crippen LogP contribution in [0.1, 0.15) is 92.9 Å². The van der Waals surface area contributed by atoms with Gasteiger partial charge in [0.2, 0.25) is 0 Å². The number of carbonyl (C=O) groups is 2. The molecule has 0 amide bonds. The fraction of sp³-hybridized carbons (Fsp3) is 0.793. The molecule has 3 fully saturated rings. The van der Waals surface area contributed by atoms with Crippen LogP contribution in [0.2, 0.25) is 0 Å². The molecule has 0 aromatic rings. The molecule has 1 unspecified atom stereocenters. The third-order valence-electron chi connectivity index (χ3n) is 10.5.